The molecule has 0 saturated carbocycles. The first-order valence-corrected chi connectivity index (χ1v) is 11.4. The van der Waals surface area contributed by atoms with Gasteiger partial charge in [-0.2, -0.15) is 10.0 Å². The first kappa shape index (κ1) is 21.9. The lowest BCUT2D eigenvalue weighted by atomic mass is 10.1. The summed E-state index contributed by atoms with van der Waals surface area (Å²) in [5, 5.41) is 27.0. The number of methoxy groups -OCH3 is 1. The number of nitro groups is 1. The molecule has 12 heteroatoms. The molecule has 1 saturated heterocycles. The number of hydrogen-bond donors (Lipinski definition) is 1. The molecule has 3 aliphatic heterocycles. The minimum absolute atomic E-state index is 0.0260. The zero-order chi connectivity index (χ0) is 23.8. The van der Waals surface area contributed by atoms with Gasteiger partial charge in [-0.3, -0.25) is 20.3 Å². The zero-order valence-corrected chi connectivity index (χ0v) is 19.0. The number of carbonyl (C=O) groups excluding carboxylic acids is 1. The highest BCUT2D eigenvalue weighted by Gasteiger charge is 2.37. The van der Waals surface area contributed by atoms with Crippen molar-refractivity contribution < 1.29 is 18.9 Å². The molecule has 2 aromatic rings. The van der Waals surface area contributed by atoms with Gasteiger partial charge in [0.2, 0.25) is 5.17 Å². The number of furan rings is 1. The van der Waals surface area contributed by atoms with E-state index in [1.807, 2.05) is 0 Å². The van der Waals surface area contributed by atoms with Crippen molar-refractivity contribution in [2.24, 2.45) is 10.1 Å². The third kappa shape index (κ3) is 3.96. The lowest BCUT2D eigenvalue weighted by molar-refractivity contribution is -0.384. The number of hydrogen-bond acceptors (Lipinski definition) is 9. The summed E-state index contributed by atoms with van der Waals surface area (Å²) in [4.78, 5) is 29.9. The van der Waals surface area contributed by atoms with Crippen LogP contribution in [0.5, 0.6) is 5.75 Å². The van der Waals surface area contributed by atoms with Gasteiger partial charge < -0.3 is 14.1 Å². The number of nitro benzene ring substituents is 1. The number of hydrazone groups is 1. The van der Waals surface area contributed by atoms with Crippen LogP contribution in [0.25, 0.3) is 17.4 Å². The van der Waals surface area contributed by atoms with E-state index in [2.05, 4.69) is 15.0 Å². The van der Waals surface area contributed by atoms with Crippen LogP contribution in [-0.4, -0.2) is 57.1 Å². The number of rotatable bonds is 4. The number of benzene rings is 1. The van der Waals surface area contributed by atoms with Crippen molar-refractivity contribution >= 4 is 45.6 Å². The molecule has 0 radical (unpaired) electrons. The Kier molecular flexibility index (Phi) is 5.65. The minimum atomic E-state index is -0.563. The summed E-state index contributed by atoms with van der Waals surface area (Å²) >= 11 is 1.29. The maximum Gasteiger partial charge on any atom is 0.284 e. The minimum Gasteiger partial charge on any atom is -0.497 e. The Morgan fingerprint density at radius 2 is 2.00 bits per heavy atom. The number of nitrogens with one attached hydrogen (secondary N) is 1. The predicted molar refractivity (Wildman–Crippen MR) is 128 cm³/mol. The van der Waals surface area contributed by atoms with Crippen LogP contribution < -0.4 is 4.74 Å². The molecule has 11 nitrogen and oxygen atoms in total. The Hall–Kier alpha value is -3.93. The summed E-state index contributed by atoms with van der Waals surface area (Å²) in [6.45, 7) is 1.78. The number of thioether (sulfide) groups is 1. The molecule has 0 aliphatic carbocycles. The number of amidine groups is 3. The molecule has 1 amide bonds. The maximum absolute atomic E-state index is 12.7. The average molecular weight is 481 g/mol. The molecule has 0 atom stereocenters. The van der Waals surface area contributed by atoms with E-state index >= 15 is 0 Å². The smallest absolute Gasteiger partial charge is 0.284 e. The summed E-state index contributed by atoms with van der Waals surface area (Å²) in [7, 11) is 1.43. The van der Waals surface area contributed by atoms with Crippen molar-refractivity contribution in [2.75, 3.05) is 20.2 Å². The lowest BCUT2D eigenvalue weighted by Crippen LogP contribution is -2.35. The highest BCUT2D eigenvalue weighted by molar-refractivity contribution is 8.26. The zero-order valence-electron chi connectivity index (χ0n) is 18.2. The molecule has 5 rings (SSSR count). The molecule has 0 spiro atoms. The second-order valence-corrected chi connectivity index (χ2v) is 8.73. The van der Waals surface area contributed by atoms with E-state index in [0.717, 1.165) is 31.1 Å². The highest BCUT2D eigenvalue weighted by Crippen LogP contribution is 2.35. The van der Waals surface area contributed by atoms with Crippen LogP contribution >= 0.6 is 11.8 Å². The first-order valence-electron chi connectivity index (χ1n) is 10.6. The van der Waals surface area contributed by atoms with E-state index in [-0.39, 0.29) is 34.2 Å². The third-order valence-corrected chi connectivity index (χ3v) is 6.62. The fraction of sp³-hybridized carbons (Fsp3) is 0.273. The van der Waals surface area contributed by atoms with E-state index in [0.29, 0.717) is 10.9 Å². The number of aliphatic imine (C=N–C) groups is 1. The fourth-order valence-electron chi connectivity index (χ4n) is 3.91. The summed E-state index contributed by atoms with van der Waals surface area (Å²) in [5.74, 6) is 0.212. The Bertz CT molecular complexity index is 1290. The molecule has 1 fully saturated rings. The number of amides is 1. The molecule has 174 valence electrons. The first-order chi connectivity index (χ1) is 16.4. The third-order valence-electron chi connectivity index (χ3n) is 5.65. The lowest BCUT2D eigenvalue weighted by Gasteiger charge is -2.26. The van der Waals surface area contributed by atoms with Crippen molar-refractivity contribution in [3.05, 3.63) is 51.8 Å². The molecular formula is C22H20N6O5S. The number of ether oxygens (including phenoxy) is 1. The fourth-order valence-corrected chi connectivity index (χ4v) is 4.85. The van der Waals surface area contributed by atoms with E-state index in [1.54, 1.807) is 18.2 Å². The van der Waals surface area contributed by atoms with E-state index in [1.165, 1.54) is 48.5 Å². The number of nitrogens with zero attached hydrogens (tertiary/aromatic N) is 5. The predicted octanol–water partition coefficient (Wildman–Crippen LogP) is 3.93. The maximum atomic E-state index is 12.7. The van der Waals surface area contributed by atoms with Crippen LogP contribution in [-0.2, 0) is 4.79 Å². The van der Waals surface area contributed by atoms with Gasteiger partial charge in [-0.1, -0.05) is 0 Å². The number of piperidine rings is 1. The second-order valence-electron chi connectivity index (χ2n) is 7.79. The van der Waals surface area contributed by atoms with Crippen LogP contribution in [0.4, 0.5) is 5.69 Å². The van der Waals surface area contributed by atoms with Crippen molar-refractivity contribution in [1.82, 2.24) is 9.91 Å². The quantitative estimate of drug-likeness (QED) is 0.395. The van der Waals surface area contributed by atoms with Crippen molar-refractivity contribution in [2.45, 2.75) is 19.3 Å². The molecule has 3 aliphatic rings. The Morgan fingerprint density at radius 3 is 2.74 bits per heavy atom. The number of likely N-dealkylation sites (tertiary alicyclic amines) is 1. The van der Waals surface area contributed by atoms with Gasteiger partial charge in [0.25, 0.3) is 11.6 Å². The van der Waals surface area contributed by atoms with Gasteiger partial charge in [-0.05, 0) is 61.4 Å². The van der Waals surface area contributed by atoms with Gasteiger partial charge in [0, 0.05) is 13.1 Å². The Labute approximate surface area is 198 Å². The highest BCUT2D eigenvalue weighted by atomic mass is 32.2. The van der Waals surface area contributed by atoms with Gasteiger partial charge in [-0.15, -0.1) is 5.10 Å². The Balaban J connectivity index is 1.42. The SMILES string of the molecule is COc1ccc(-c2ccc(/C=C3/C(=N)N4N=C(N5CCCCC5)SC4=NC3=O)o2)c([N+](=O)[O-])c1. The normalized spacial score (nSPS) is 19.3. The van der Waals surface area contributed by atoms with Gasteiger partial charge in [0.1, 0.15) is 17.3 Å². The van der Waals surface area contributed by atoms with E-state index in [9.17, 15) is 14.9 Å². The van der Waals surface area contributed by atoms with Crippen LogP contribution in [0.2, 0.25) is 0 Å². The molecule has 1 aromatic carbocycles. The molecule has 0 unspecified atom stereocenters. The second kappa shape index (κ2) is 8.78. The average Bonchev–Trinajstić information content (AvgIpc) is 3.49. The van der Waals surface area contributed by atoms with E-state index in [4.69, 9.17) is 14.6 Å². The Morgan fingerprint density at radius 1 is 1.21 bits per heavy atom. The molecule has 0 bridgehead atoms. The van der Waals surface area contributed by atoms with E-state index < -0.39 is 10.8 Å². The molecule has 4 heterocycles. The monoisotopic (exact) mass is 480 g/mol. The molecular weight excluding hydrogens is 460 g/mol. The molecule has 1 aromatic heterocycles. The van der Waals surface area contributed by atoms with Crippen LogP contribution in [0, 0.1) is 15.5 Å². The summed E-state index contributed by atoms with van der Waals surface area (Å²) < 4.78 is 10.8. The van der Waals surface area contributed by atoms with Gasteiger partial charge in [0.15, 0.2) is 11.0 Å². The number of carbonyl (C=O) groups is 1. The number of fused-ring (bicyclic) bond motifs is 1. The molecule has 1 N–H and O–H groups in total. The standard InChI is InChI=1S/C22H20N6O5S/c1-32-13-5-7-15(17(12-13)28(30)31)18-8-6-14(33-18)11-16-19(23)27-21(24-20(16)29)34-22(25-27)26-9-3-2-4-10-26/h5-8,11-12,23H,2-4,9-10H2,1H3/b16-11-,23-19?. The van der Waals surface area contributed by atoms with Crippen LogP contribution in [0.15, 0.2) is 50.4 Å². The van der Waals surface area contributed by atoms with Crippen LogP contribution in [0.3, 0.4) is 0 Å². The van der Waals surface area contributed by atoms with Crippen molar-refractivity contribution in [3.8, 4) is 17.1 Å². The largest absolute Gasteiger partial charge is 0.497 e. The van der Waals surface area contributed by atoms with Crippen LogP contribution in [0.1, 0.15) is 25.0 Å². The van der Waals surface area contributed by atoms with Crippen molar-refractivity contribution in [3.63, 3.8) is 0 Å². The van der Waals surface area contributed by atoms with Crippen molar-refractivity contribution in [1.29, 1.82) is 5.41 Å². The topological polar surface area (TPSA) is 138 Å². The summed E-state index contributed by atoms with van der Waals surface area (Å²) in [6.07, 6.45) is 4.76. The van der Waals surface area contributed by atoms with Gasteiger partial charge in [0.05, 0.1) is 29.2 Å². The summed E-state index contributed by atoms with van der Waals surface area (Å²) in [6, 6.07) is 7.61. The summed E-state index contributed by atoms with van der Waals surface area (Å²) in [5.41, 5.74) is 0.128. The van der Waals surface area contributed by atoms with Gasteiger partial charge >= 0.3 is 0 Å². The molecule has 34 heavy (non-hydrogen) atoms. The van der Waals surface area contributed by atoms with Gasteiger partial charge in [-0.25, -0.2) is 0 Å².